The number of hydrogen-bond donors (Lipinski definition) is 2. The first-order valence-corrected chi connectivity index (χ1v) is 10.6. The third-order valence-electron chi connectivity index (χ3n) is 5.56. The monoisotopic (exact) mass is 392 g/mol. The number of aromatic nitrogens is 1. The zero-order chi connectivity index (χ0) is 20.5. The van der Waals surface area contributed by atoms with Crippen molar-refractivity contribution in [1.29, 1.82) is 0 Å². The van der Waals surface area contributed by atoms with Crippen LogP contribution in [-0.4, -0.2) is 48.9 Å². The zero-order valence-electron chi connectivity index (χ0n) is 17.6. The van der Waals surface area contributed by atoms with E-state index in [-0.39, 0.29) is 24.2 Å². The Morgan fingerprint density at radius 3 is 2.64 bits per heavy atom. The van der Waals surface area contributed by atoms with E-state index < -0.39 is 0 Å². The highest BCUT2D eigenvalue weighted by atomic mass is 16.4. The van der Waals surface area contributed by atoms with E-state index in [1.807, 2.05) is 19.0 Å². The van der Waals surface area contributed by atoms with E-state index in [2.05, 4.69) is 10.3 Å². The van der Waals surface area contributed by atoms with Crippen LogP contribution in [0.15, 0.2) is 4.42 Å². The molecule has 1 aliphatic carbocycles. The van der Waals surface area contributed by atoms with Crippen molar-refractivity contribution in [2.24, 2.45) is 11.7 Å². The molecule has 2 amide bonds. The van der Waals surface area contributed by atoms with Crippen LogP contribution in [0.1, 0.15) is 85.8 Å². The van der Waals surface area contributed by atoms with Crippen LogP contribution >= 0.6 is 0 Å². The number of nitrogens with zero attached hydrogens (tertiary/aromatic N) is 2. The highest BCUT2D eigenvalue weighted by molar-refractivity contribution is 5.93. The largest absolute Gasteiger partial charge is 0.445 e. The second-order valence-corrected chi connectivity index (χ2v) is 8.32. The summed E-state index contributed by atoms with van der Waals surface area (Å²) in [5.41, 5.74) is 5.75. The number of carbonyl (C=O) groups excluding carboxylic acids is 2. The summed E-state index contributed by atoms with van der Waals surface area (Å²) in [6, 6.07) is 0. The summed E-state index contributed by atoms with van der Waals surface area (Å²) in [6.45, 7) is 3.03. The second-order valence-electron chi connectivity index (χ2n) is 8.32. The normalized spacial score (nSPS) is 16.3. The fourth-order valence-electron chi connectivity index (χ4n) is 3.96. The van der Waals surface area contributed by atoms with Crippen LogP contribution in [-0.2, 0) is 4.79 Å². The molecule has 7 nitrogen and oxygen atoms in total. The average Bonchev–Trinajstić information content (AvgIpc) is 3.03. The molecule has 3 N–H and O–H groups in total. The number of nitrogens with two attached hydrogens (primary N) is 1. The minimum Gasteiger partial charge on any atom is -0.445 e. The Hall–Kier alpha value is -1.89. The fraction of sp³-hybridized carbons (Fsp3) is 0.762. The predicted octanol–water partition coefficient (Wildman–Crippen LogP) is 2.98. The van der Waals surface area contributed by atoms with Crippen molar-refractivity contribution in [2.45, 2.75) is 70.6 Å². The van der Waals surface area contributed by atoms with Gasteiger partial charge >= 0.3 is 0 Å². The quantitative estimate of drug-likeness (QED) is 0.603. The van der Waals surface area contributed by atoms with Crippen LogP contribution in [0.3, 0.4) is 0 Å². The topological polar surface area (TPSA) is 101 Å². The van der Waals surface area contributed by atoms with E-state index in [0.29, 0.717) is 23.9 Å². The molecular formula is C21H36N4O3. The Balaban J connectivity index is 1.96. The summed E-state index contributed by atoms with van der Waals surface area (Å²) in [4.78, 5) is 30.4. The van der Waals surface area contributed by atoms with Gasteiger partial charge < -0.3 is 20.4 Å². The number of hydrogen-bond acceptors (Lipinski definition) is 5. The molecule has 1 aromatic rings. The van der Waals surface area contributed by atoms with Crippen LogP contribution in [0, 0.1) is 12.8 Å². The molecule has 0 aromatic carbocycles. The van der Waals surface area contributed by atoms with E-state index >= 15 is 0 Å². The first-order chi connectivity index (χ1) is 13.4. The predicted molar refractivity (Wildman–Crippen MR) is 109 cm³/mol. The summed E-state index contributed by atoms with van der Waals surface area (Å²) >= 11 is 0. The SMILES string of the molecule is Cc1oc(C(CCCC2CCCCC2)CC(N)=O)nc1C(=O)NCCN(C)C. The van der Waals surface area contributed by atoms with Crippen molar-refractivity contribution >= 4 is 11.8 Å². The summed E-state index contributed by atoms with van der Waals surface area (Å²) in [6.07, 6.45) is 9.86. The molecule has 1 unspecified atom stereocenters. The van der Waals surface area contributed by atoms with E-state index in [1.165, 1.54) is 38.5 Å². The Morgan fingerprint density at radius 2 is 2.00 bits per heavy atom. The zero-order valence-corrected chi connectivity index (χ0v) is 17.6. The van der Waals surface area contributed by atoms with Gasteiger partial charge in [-0.2, -0.15) is 0 Å². The molecule has 28 heavy (non-hydrogen) atoms. The van der Waals surface area contributed by atoms with E-state index in [1.54, 1.807) is 6.92 Å². The lowest BCUT2D eigenvalue weighted by atomic mass is 9.84. The molecule has 158 valence electrons. The Bertz CT molecular complexity index is 636. The molecule has 0 aliphatic heterocycles. The molecule has 0 bridgehead atoms. The number of oxazole rings is 1. The summed E-state index contributed by atoms with van der Waals surface area (Å²) in [5, 5.41) is 2.86. The molecule has 0 spiro atoms. The minimum atomic E-state index is -0.365. The van der Waals surface area contributed by atoms with Crippen LogP contribution in [0.5, 0.6) is 0 Å². The van der Waals surface area contributed by atoms with Gasteiger partial charge in [-0.1, -0.05) is 44.9 Å². The molecule has 1 aromatic heterocycles. The maximum Gasteiger partial charge on any atom is 0.273 e. The van der Waals surface area contributed by atoms with Crippen molar-refractivity contribution in [3.05, 3.63) is 17.3 Å². The average molecular weight is 393 g/mol. The molecule has 7 heteroatoms. The molecule has 2 rings (SSSR count). The lowest BCUT2D eigenvalue weighted by Gasteiger charge is -2.22. The highest BCUT2D eigenvalue weighted by Crippen LogP contribution is 2.31. The number of aryl methyl sites for hydroxylation is 1. The lowest BCUT2D eigenvalue weighted by molar-refractivity contribution is -0.118. The molecule has 1 atom stereocenters. The Kier molecular flexibility index (Phi) is 8.96. The third kappa shape index (κ3) is 7.26. The van der Waals surface area contributed by atoms with Crippen molar-refractivity contribution in [2.75, 3.05) is 27.2 Å². The standard InChI is InChI=1S/C21H36N4O3/c1-15-19(20(27)23-12-13-25(2)3)24-21(28-15)17(14-18(22)26)11-7-10-16-8-5-4-6-9-16/h16-17H,4-14H2,1-3H3,(H2,22,26)(H,23,27). The van der Waals surface area contributed by atoms with Crippen LogP contribution < -0.4 is 11.1 Å². The number of amides is 2. The Labute approximate surface area is 168 Å². The van der Waals surface area contributed by atoms with Crippen LogP contribution in [0.2, 0.25) is 0 Å². The first-order valence-electron chi connectivity index (χ1n) is 10.6. The number of carbonyl (C=O) groups is 2. The molecule has 1 fully saturated rings. The Morgan fingerprint density at radius 1 is 1.29 bits per heavy atom. The van der Waals surface area contributed by atoms with Crippen molar-refractivity contribution in [3.63, 3.8) is 0 Å². The van der Waals surface area contributed by atoms with Gasteiger partial charge in [0.05, 0.1) is 0 Å². The fourth-order valence-corrected chi connectivity index (χ4v) is 3.96. The molecule has 0 radical (unpaired) electrons. The first kappa shape index (κ1) is 22.4. The van der Waals surface area contributed by atoms with Gasteiger partial charge in [0.1, 0.15) is 5.76 Å². The summed E-state index contributed by atoms with van der Waals surface area (Å²) in [7, 11) is 3.90. The summed E-state index contributed by atoms with van der Waals surface area (Å²) in [5.74, 6) is 0.970. The molecule has 0 saturated heterocycles. The van der Waals surface area contributed by atoms with Gasteiger partial charge in [0.25, 0.3) is 5.91 Å². The number of rotatable bonds is 11. The van der Waals surface area contributed by atoms with Crippen LogP contribution in [0.4, 0.5) is 0 Å². The number of nitrogens with one attached hydrogen (secondary N) is 1. The molecule has 1 saturated carbocycles. The minimum absolute atomic E-state index is 0.164. The third-order valence-corrected chi connectivity index (χ3v) is 5.56. The highest BCUT2D eigenvalue weighted by Gasteiger charge is 2.25. The number of likely N-dealkylation sites (N-methyl/N-ethyl adjacent to an activating group) is 1. The van der Waals surface area contributed by atoms with Crippen molar-refractivity contribution < 1.29 is 14.0 Å². The summed E-state index contributed by atoms with van der Waals surface area (Å²) < 4.78 is 5.78. The van der Waals surface area contributed by atoms with Gasteiger partial charge in [0.15, 0.2) is 11.6 Å². The molecule has 1 aliphatic rings. The van der Waals surface area contributed by atoms with E-state index in [9.17, 15) is 9.59 Å². The molecule has 1 heterocycles. The lowest BCUT2D eigenvalue weighted by Crippen LogP contribution is -2.31. The maximum atomic E-state index is 12.4. The van der Waals surface area contributed by atoms with E-state index in [0.717, 1.165) is 25.3 Å². The van der Waals surface area contributed by atoms with Gasteiger partial charge in [-0.25, -0.2) is 4.98 Å². The second kappa shape index (κ2) is 11.2. The number of primary amides is 1. The smallest absolute Gasteiger partial charge is 0.273 e. The van der Waals surface area contributed by atoms with Crippen LogP contribution in [0.25, 0.3) is 0 Å². The van der Waals surface area contributed by atoms with Gasteiger partial charge in [0, 0.05) is 25.4 Å². The van der Waals surface area contributed by atoms with E-state index in [4.69, 9.17) is 10.2 Å². The van der Waals surface area contributed by atoms with Gasteiger partial charge in [-0.15, -0.1) is 0 Å². The molecular weight excluding hydrogens is 356 g/mol. The van der Waals surface area contributed by atoms with Gasteiger partial charge in [-0.3, -0.25) is 9.59 Å². The van der Waals surface area contributed by atoms with Crippen molar-refractivity contribution in [1.82, 2.24) is 15.2 Å². The van der Waals surface area contributed by atoms with Gasteiger partial charge in [-0.05, 0) is 33.4 Å². The van der Waals surface area contributed by atoms with Gasteiger partial charge in [0.2, 0.25) is 5.91 Å². The van der Waals surface area contributed by atoms with Crippen molar-refractivity contribution in [3.8, 4) is 0 Å². The maximum absolute atomic E-state index is 12.4.